The molecule has 98 valence electrons. The van der Waals surface area contributed by atoms with Crippen LogP contribution in [0.25, 0.3) is 0 Å². The second-order valence-electron chi connectivity index (χ2n) is 3.89. The SMILES string of the molecule is CC(Cc1ccc(Cl)c(Cl)c1)[n+]1cc(N)on1.[Cl-]. The smallest absolute Gasteiger partial charge is 0.293 e. The molecule has 1 heterocycles. The summed E-state index contributed by atoms with van der Waals surface area (Å²) in [6.45, 7) is 2.02. The molecule has 1 atom stereocenters. The normalized spacial score (nSPS) is 11.9. The Morgan fingerprint density at radius 3 is 2.67 bits per heavy atom. The summed E-state index contributed by atoms with van der Waals surface area (Å²) in [5.74, 6) is 0.297. The summed E-state index contributed by atoms with van der Waals surface area (Å²) in [6, 6.07) is 5.71. The summed E-state index contributed by atoms with van der Waals surface area (Å²) in [5.41, 5.74) is 6.55. The fourth-order valence-electron chi connectivity index (χ4n) is 1.58. The lowest BCUT2D eigenvalue weighted by atomic mass is 10.1. The predicted molar refractivity (Wildman–Crippen MR) is 66.0 cm³/mol. The van der Waals surface area contributed by atoms with Crippen molar-refractivity contribution in [2.45, 2.75) is 19.4 Å². The fraction of sp³-hybridized carbons (Fsp3) is 0.273. The highest BCUT2D eigenvalue weighted by molar-refractivity contribution is 6.42. The van der Waals surface area contributed by atoms with E-state index < -0.39 is 0 Å². The van der Waals surface area contributed by atoms with Gasteiger partial charge in [0.15, 0.2) is 6.04 Å². The first-order valence-corrected chi connectivity index (χ1v) is 5.89. The Morgan fingerprint density at radius 1 is 1.39 bits per heavy atom. The predicted octanol–water partition coefficient (Wildman–Crippen LogP) is -0.341. The molecular weight excluding hydrogens is 296 g/mol. The van der Waals surface area contributed by atoms with Crippen molar-refractivity contribution in [1.82, 2.24) is 5.27 Å². The Balaban J connectivity index is 0.00000162. The molecule has 0 saturated carbocycles. The van der Waals surface area contributed by atoms with Crippen LogP contribution in [-0.2, 0) is 6.42 Å². The zero-order chi connectivity index (χ0) is 12.4. The van der Waals surface area contributed by atoms with Crippen molar-refractivity contribution in [3.05, 3.63) is 40.0 Å². The van der Waals surface area contributed by atoms with E-state index in [4.69, 9.17) is 33.5 Å². The molecule has 7 heteroatoms. The van der Waals surface area contributed by atoms with Gasteiger partial charge in [-0.05, 0) is 22.4 Å². The van der Waals surface area contributed by atoms with Gasteiger partial charge >= 0.3 is 0 Å². The molecule has 1 unspecified atom stereocenters. The van der Waals surface area contributed by atoms with Gasteiger partial charge in [0.25, 0.3) is 12.1 Å². The summed E-state index contributed by atoms with van der Waals surface area (Å²) in [6.07, 6.45) is 2.43. The third-order valence-electron chi connectivity index (χ3n) is 2.47. The van der Waals surface area contributed by atoms with Crippen LogP contribution in [0, 0.1) is 0 Å². The van der Waals surface area contributed by atoms with Crippen LogP contribution in [0.1, 0.15) is 18.5 Å². The van der Waals surface area contributed by atoms with Crippen LogP contribution >= 0.6 is 23.2 Å². The van der Waals surface area contributed by atoms with Gasteiger partial charge < -0.3 is 18.1 Å². The van der Waals surface area contributed by atoms with Crippen molar-refractivity contribution < 1.29 is 21.6 Å². The largest absolute Gasteiger partial charge is 1.00 e. The van der Waals surface area contributed by atoms with E-state index in [1.165, 1.54) is 0 Å². The van der Waals surface area contributed by atoms with Crippen molar-refractivity contribution >= 4 is 29.1 Å². The molecule has 0 aliphatic heterocycles. The summed E-state index contributed by atoms with van der Waals surface area (Å²) in [7, 11) is 0. The van der Waals surface area contributed by atoms with Crippen molar-refractivity contribution in [1.29, 1.82) is 0 Å². The van der Waals surface area contributed by atoms with Crippen LogP contribution in [0.5, 0.6) is 0 Å². The summed E-state index contributed by atoms with van der Waals surface area (Å²) >= 11 is 11.8. The number of hydrogen-bond donors (Lipinski definition) is 1. The Labute approximate surface area is 121 Å². The van der Waals surface area contributed by atoms with E-state index in [1.54, 1.807) is 16.9 Å². The number of anilines is 1. The zero-order valence-corrected chi connectivity index (χ0v) is 11.9. The number of nitrogens with zero attached hydrogens (tertiary/aromatic N) is 2. The average molecular weight is 309 g/mol. The average Bonchev–Trinajstić information content (AvgIpc) is 2.70. The minimum atomic E-state index is 0. The molecule has 18 heavy (non-hydrogen) atoms. The van der Waals surface area contributed by atoms with Crippen molar-refractivity contribution in [3.63, 3.8) is 0 Å². The van der Waals surface area contributed by atoms with Gasteiger partial charge in [-0.3, -0.25) is 4.52 Å². The van der Waals surface area contributed by atoms with E-state index in [0.717, 1.165) is 12.0 Å². The third-order valence-corrected chi connectivity index (χ3v) is 3.21. The number of nitrogen functional groups attached to an aromatic ring is 1. The summed E-state index contributed by atoms with van der Waals surface area (Å²) in [4.78, 5) is 0. The lowest BCUT2D eigenvalue weighted by Gasteiger charge is -2.04. The number of rotatable bonds is 3. The highest BCUT2D eigenvalue weighted by Crippen LogP contribution is 2.23. The second-order valence-corrected chi connectivity index (χ2v) is 4.70. The molecule has 0 aliphatic rings. The molecule has 2 rings (SSSR count). The minimum Gasteiger partial charge on any atom is -1.00 e. The third kappa shape index (κ3) is 3.51. The minimum absolute atomic E-state index is 0. The van der Waals surface area contributed by atoms with Gasteiger partial charge in [-0.1, -0.05) is 29.3 Å². The van der Waals surface area contributed by atoms with Crippen LogP contribution in [0.4, 0.5) is 5.88 Å². The van der Waals surface area contributed by atoms with E-state index in [1.807, 2.05) is 19.1 Å². The molecule has 0 spiro atoms. The van der Waals surface area contributed by atoms with Crippen LogP contribution in [-0.4, -0.2) is 5.27 Å². The Hall–Kier alpha value is -0.970. The molecule has 2 N–H and O–H groups in total. The zero-order valence-electron chi connectivity index (χ0n) is 9.61. The highest BCUT2D eigenvalue weighted by atomic mass is 35.5. The second kappa shape index (κ2) is 6.27. The molecule has 0 saturated heterocycles. The van der Waals surface area contributed by atoms with Crippen molar-refractivity contribution in [2.24, 2.45) is 0 Å². The topological polar surface area (TPSA) is 55.9 Å². The van der Waals surface area contributed by atoms with Gasteiger partial charge in [0.05, 0.1) is 10.0 Å². The standard InChI is InChI=1S/C11H12Cl2N3O.ClH/c1-7(16-6-11(14)17-15-16)4-8-2-3-9(12)10(13)5-8;/h2-3,5-7H,4,14H2,1H3;1H/q+1;/p-1. The maximum Gasteiger partial charge on any atom is 0.293 e. The monoisotopic (exact) mass is 307 g/mol. The lowest BCUT2D eigenvalue weighted by Crippen LogP contribution is -3.00. The lowest BCUT2D eigenvalue weighted by molar-refractivity contribution is -0.782. The number of nitrogens with two attached hydrogens (primary N) is 1. The number of halogens is 3. The first-order chi connectivity index (χ1) is 8.06. The Morgan fingerprint density at radius 2 is 2.11 bits per heavy atom. The molecule has 0 amide bonds. The number of hydrogen-bond acceptors (Lipinski definition) is 3. The molecule has 0 radical (unpaired) electrons. The highest BCUT2D eigenvalue weighted by Gasteiger charge is 2.19. The first kappa shape index (κ1) is 15.1. The molecule has 0 fully saturated rings. The van der Waals surface area contributed by atoms with E-state index in [-0.39, 0.29) is 18.4 Å². The summed E-state index contributed by atoms with van der Waals surface area (Å²) in [5, 5.41) is 4.92. The maximum atomic E-state index is 5.95. The van der Waals surface area contributed by atoms with E-state index in [9.17, 15) is 0 Å². The fourth-order valence-corrected chi connectivity index (χ4v) is 1.90. The molecule has 2 aromatic rings. The van der Waals surface area contributed by atoms with Crippen LogP contribution in [0.2, 0.25) is 10.0 Å². The number of benzene rings is 1. The Kier molecular flexibility index (Phi) is 5.26. The molecular formula is C11H12Cl3N3O. The maximum absolute atomic E-state index is 5.95. The summed E-state index contributed by atoms with van der Waals surface area (Å²) < 4.78 is 6.49. The van der Waals surface area contributed by atoms with Gasteiger partial charge in [-0.15, -0.1) is 0 Å². The van der Waals surface area contributed by atoms with Gasteiger partial charge in [-0.25, -0.2) is 0 Å². The number of aromatic nitrogens is 2. The molecule has 4 nitrogen and oxygen atoms in total. The molecule has 0 aliphatic carbocycles. The van der Waals surface area contributed by atoms with Crippen LogP contribution < -0.4 is 22.8 Å². The molecule has 0 bridgehead atoms. The molecule has 1 aromatic heterocycles. The van der Waals surface area contributed by atoms with Crippen LogP contribution in [0.15, 0.2) is 28.9 Å². The van der Waals surface area contributed by atoms with E-state index in [2.05, 4.69) is 5.27 Å². The van der Waals surface area contributed by atoms with Crippen molar-refractivity contribution in [2.75, 3.05) is 5.73 Å². The van der Waals surface area contributed by atoms with Gasteiger partial charge in [0.2, 0.25) is 5.27 Å². The van der Waals surface area contributed by atoms with Crippen molar-refractivity contribution in [3.8, 4) is 0 Å². The van der Waals surface area contributed by atoms with E-state index >= 15 is 0 Å². The van der Waals surface area contributed by atoms with Crippen LogP contribution in [0.3, 0.4) is 0 Å². The Bertz CT molecular complexity index is 530. The van der Waals surface area contributed by atoms with Gasteiger partial charge in [0.1, 0.15) is 0 Å². The van der Waals surface area contributed by atoms with E-state index in [0.29, 0.717) is 15.9 Å². The quantitative estimate of drug-likeness (QED) is 0.789. The first-order valence-electron chi connectivity index (χ1n) is 5.14. The van der Waals surface area contributed by atoms with Gasteiger partial charge in [-0.2, -0.15) is 0 Å². The van der Waals surface area contributed by atoms with Gasteiger partial charge in [0, 0.05) is 13.3 Å². The molecule has 1 aromatic carbocycles.